The number of carboxylic acid groups (broad SMARTS) is 1. The Bertz CT molecular complexity index is 658. The third-order valence-electron chi connectivity index (χ3n) is 3.16. The summed E-state index contributed by atoms with van der Waals surface area (Å²) in [6.07, 6.45) is -1.06. The van der Waals surface area contributed by atoms with Gasteiger partial charge in [-0.1, -0.05) is 42.5 Å². The summed E-state index contributed by atoms with van der Waals surface area (Å²) in [5.41, 5.74) is 1.31. The zero-order valence-corrected chi connectivity index (χ0v) is 12.2. The number of carboxylic acids is 1. The van der Waals surface area contributed by atoms with Gasteiger partial charge in [-0.25, -0.2) is 9.18 Å². The number of aliphatic carboxylic acids is 1. The summed E-state index contributed by atoms with van der Waals surface area (Å²) in [5.74, 6) is -1.52. The van der Waals surface area contributed by atoms with E-state index >= 15 is 0 Å². The van der Waals surface area contributed by atoms with Gasteiger partial charge in [0, 0.05) is 0 Å². The number of benzene rings is 2. The van der Waals surface area contributed by atoms with Crippen molar-refractivity contribution >= 4 is 12.1 Å². The van der Waals surface area contributed by atoms with Crippen molar-refractivity contribution < 1.29 is 23.8 Å². The molecule has 2 aromatic rings. The molecule has 0 saturated carbocycles. The van der Waals surface area contributed by atoms with Crippen molar-refractivity contribution in [2.24, 2.45) is 0 Å². The van der Waals surface area contributed by atoms with Gasteiger partial charge < -0.3 is 15.2 Å². The molecule has 0 fully saturated rings. The first-order valence-corrected chi connectivity index (χ1v) is 6.99. The number of hydrogen-bond donors (Lipinski definition) is 2. The van der Waals surface area contributed by atoms with Crippen LogP contribution in [0.3, 0.4) is 0 Å². The minimum atomic E-state index is -1.08. The molecular weight excluding hydrogens is 301 g/mol. The van der Waals surface area contributed by atoms with Crippen LogP contribution < -0.4 is 5.32 Å². The minimum absolute atomic E-state index is 0.0792. The molecule has 0 unspecified atom stereocenters. The van der Waals surface area contributed by atoms with E-state index in [1.54, 1.807) is 0 Å². The Morgan fingerprint density at radius 3 is 2.35 bits per heavy atom. The third-order valence-corrected chi connectivity index (χ3v) is 3.16. The van der Waals surface area contributed by atoms with Gasteiger partial charge in [0.2, 0.25) is 0 Å². The first-order chi connectivity index (χ1) is 11.0. The van der Waals surface area contributed by atoms with Gasteiger partial charge in [-0.2, -0.15) is 0 Å². The van der Waals surface area contributed by atoms with Crippen LogP contribution >= 0.6 is 0 Å². The Labute approximate surface area is 132 Å². The highest BCUT2D eigenvalue weighted by molar-refractivity contribution is 5.72. The number of ether oxygens (including phenoxy) is 1. The number of hydrogen-bond acceptors (Lipinski definition) is 3. The van der Waals surface area contributed by atoms with E-state index in [-0.39, 0.29) is 13.0 Å². The lowest BCUT2D eigenvalue weighted by Gasteiger charge is -2.17. The van der Waals surface area contributed by atoms with Crippen molar-refractivity contribution in [2.75, 3.05) is 0 Å². The van der Waals surface area contributed by atoms with Crippen LogP contribution in [0.25, 0.3) is 0 Å². The van der Waals surface area contributed by atoms with Crippen LogP contribution in [0.4, 0.5) is 9.18 Å². The number of carbonyl (C=O) groups is 2. The maximum absolute atomic E-state index is 13.0. The topological polar surface area (TPSA) is 75.6 Å². The van der Waals surface area contributed by atoms with Gasteiger partial charge in [-0.05, 0) is 23.3 Å². The number of alkyl carbamates (subject to hydrolysis) is 1. The fourth-order valence-corrected chi connectivity index (χ4v) is 2.03. The maximum Gasteiger partial charge on any atom is 0.407 e. The van der Waals surface area contributed by atoms with Gasteiger partial charge in [0.15, 0.2) is 0 Å². The smallest absolute Gasteiger partial charge is 0.407 e. The summed E-state index contributed by atoms with van der Waals surface area (Å²) in [5, 5.41) is 11.4. The van der Waals surface area contributed by atoms with Gasteiger partial charge >= 0.3 is 12.1 Å². The minimum Gasteiger partial charge on any atom is -0.481 e. The standard InChI is InChI=1S/C17H16FNO4/c18-14-8-6-13(7-9-14)15(10-16(20)21)19-17(22)23-11-12-4-2-1-3-5-12/h1-9,15H,10-11H2,(H,19,22)(H,20,21)/t15-/m0/s1. The highest BCUT2D eigenvalue weighted by Crippen LogP contribution is 2.18. The van der Waals surface area contributed by atoms with Crippen molar-refractivity contribution in [2.45, 2.75) is 19.1 Å². The van der Waals surface area contributed by atoms with E-state index < -0.39 is 23.9 Å². The lowest BCUT2D eigenvalue weighted by atomic mass is 10.0. The molecule has 5 nitrogen and oxygen atoms in total. The Morgan fingerprint density at radius 2 is 1.74 bits per heavy atom. The van der Waals surface area contributed by atoms with Crippen molar-refractivity contribution in [1.29, 1.82) is 0 Å². The van der Waals surface area contributed by atoms with Gasteiger partial charge in [-0.3, -0.25) is 4.79 Å². The number of halogens is 1. The van der Waals surface area contributed by atoms with Gasteiger partial charge in [0.25, 0.3) is 0 Å². The lowest BCUT2D eigenvalue weighted by molar-refractivity contribution is -0.137. The molecule has 0 spiro atoms. The second-order valence-electron chi connectivity index (χ2n) is 4.91. The lowest BCUT2D eigenvalue weighted by Crippen LogP contribution is -2.30. The van der Waals surface area contributed by atoms with Crippen molar-refractivity contribution in [3.63, 3.8) is 0 Å². The van der Waals surface area contributed by atoms with Crippen LogP contribution in [0, 0.1) is 5.82 Å². The molecule has 2 aromatic carbocycles. The molecule has 0 saturated heterocycles. The van der Waals surface area contributed by atoms with Crippen molar-refractivity contribution in [3.05, 3.63) is 71.5 Å². The molecule has 0 aliphatic heterocycles. The molecule has 0 bridgehead atoms. The number of nitrogens with one attached hydrogen (secondary N) is 1. The van der Waals surface area contributed by atoms with Crippen molar-refractivity contribution in [3.8, 4) is 0 Å². The molecule has 6 heteroatoms. The summed E-state index contributed by atoms with van der Waals surface area (Å²) in [6, 6.07) is 13.6. The molecule has 1 amide bonds. The third kappa shape index (κ3) is 5.43. The number of carbonyl (C=O) groups excluding carboxylic acids is 1. The Morgan fingerprint density at radius 1 is 1.09 bits per heavy atom. The predicted molar refractivity (Wildman–Crippen MR) is 81.2 cm³/mol. The van der Waals surface area contributed by atoms with Crippen LogP contribution in [0.2, 0.25) is 0 Å². The second kappa shape index (κ2) is 7.93. The monoisotopic (exact) mass is 317 g/mol. The Kier molecular flexibility index (Phi) is 5.68. The summed E-state index contributed by atoms with van der Waals surface area (Å²) >= 11 is 0. The van der Waals surface area contributed by atoms with Gasteiger partial charge in [0.1, 0.15) is 12.4 Å². The average Bonchev–Trinajstić information content (AvgIpc) is 2.53. The van der Waals surface area contributed by atoms with E-state index in [0.717, 1.165) is 5.56 Å². The predicted octanol–water partition coefficient (Wildman–Crippen LogP) is 3.27. The Balaban J connectivity index is 1.98. The molecule has 23 heavy (non-hydrogen) atoms. The first-order valence-electron chi connectivity index (χ1n) is 6.99. The molecule has 0 radical (unpaired) electrons. The summed E-state index contributed by atoms with van der Waals surface area (Å²) in [6.45, 7) is 0.0792. The summed E-state index contributed by atoms with van der Waals surface area (Å²) in [4.78, 5) is 22.8. The number of rotatable bonds is 6. The molecule has 2 N–H and O–H groups in total. The summed E-state index contributed by atoms with van der Waals surface area (Å²) < 4.78 is 18.0. The average molecular weight is 317 g/mol. The SMILES string of the molecule is O=C(O)C[C@H](NC(=O)OCc1ccccc1)c1ccc(F)cc1. The maximum atomic E-state index is 13.0. The first kappa shape index (κ1) is 16.5. The van der Waals surface area contributed by atoms with E-state index in [9.17, 15) is 14.0 Å². The van der Waals surface area contributed by atoms with E-state index in [2.05, 4.69) is 5.32 Å². The fourth-order valence-electron chi connectivity index (χ4n) is 2.03. The van der Waals surface area contributed by atoms with Gasteiger partial charge in [-0.15, -0.1) is 0 Å². The zero-order valence-electron chi connectivity index (χ0n) is 12.2. The van der Waals surface area contributed by atoms with Crippen LogP contribution in [-0.4, -0.2) is 17.2 Å². The normalized spacial score (nSPS) is 11.5. The largest absolute Gasteiger partial charge is 0.481 e. The van der Waals surface area contributed by atoms with Crippen LogP contribution in [-0.2, 0) is 16.1 Å². The van der Waals surface area contributed by atoms with Gasteiger partial charge in [0.05, 0.1) is 12.5 Å². The van der Waals surface area contributed by atoms with Crippen LogP contribution in [0.5, 0.6) is 0 Å². The second-order valence-corrected chi connectivity index (χ2v) is 4.91. The molecule has 0 heterocycles. The zero-order chi connectivity index (χ0) is 16.7. The fraction of sp³-hybridized carbons (Fsp3) is 0.176. The number of amides is 1. The van der Waals surface area contributed by atoms with E-state index in [0.29, 0.717) is 5.56 Å². The van der Waals surface area contributed by atoms with Crippen LogP contribution in [0.15, 0.2) is 54.6 Å². The molecule has 1 atom stereocenters. The van der Waals surface area contributed by atoms with E-state index in [4.69, 9.17) is 9.84 Å². The Hall–Kier alpha value is -2.89. The molecular formula is C17H16FNO4. The van der Waals surface area contributed by atoms with E-state index in [1.807, 2.05) is 30.3 Å². The summed E-state index contributed by atoms with van der Waals surface area (Å²) in [7, 11) is 0. The molecule has 120 valence electrons. The highest BCUT2D eigenvalue weighted by Gasteiger charge is 2.19. The highest BCUT2D eigenvalue weighted by atomic mass is 19.1. The van der Waals surface area contributed by atoms with Crippen LogP contribution in [0.1, 0.15) is 23.6 Å². The van der Waals surface area contributed by atoms with E-state index in [1.165, 1.54) is 24.3 Å². The molecule has 2 rings (SSSR count). The molecule has 0 aliphatic rings. The molecule has 0 aromatic heterocycles. The van der Waals surface area contributed by atoms with Crippen molar-refractivity contribution in [1.82, 2.24) is 5.32 Å². The molecule has 0 aliphatic carbocycles. The quantitative estimate of drug-likeness (QED) is 0.857.